The molecule has 0 aromatic heterocycles. The smallest absolute Gasteiger partial charge is 0.256 e. The van der Waals surface area contributed by atoms with E-state index >= 15 is 0 Å². The van der Waals surface area contributed by atoms with E-state index in [1.165, 1.54) is 12.1 Å². The first-order valence-corrected chi connectivity index (χ1v) is 10.4. The molecule has 7 heteroatoms. The molecule has 3 rings (SSSR count). The number of likely N-dealkylation sites (tertiary alicyclic amines) is 1. The Bertz CT molecular complexity index is 947. The van der Waals surface area contributed by atoms with Crippen molar-refractivity contribution in [2.24, 2.45) is 11.8 Å². The van der Waals surface area contributed by atoms with Crippen molar-refractivity contribution >= 4 is 11.8 Å². The molecule has 31 heavy (non-hydrogen) atoms. The van der Waals surface area contributed by atoms with Crippen LogP contribution in [-0.4, -0.2) is 50.6 Å². The summed E-state index contributed by atoms with van der Waals surface area (Å²) in [6, 6.07) is 11.3. The fourth-order valence-electron chi connectivity index (χ4n) is 3.92. The number of nitrogens with one attached hydrogen (secondary N) is 1. The van der Waals surface area contributed by atoms with Gasteiger partial charge in [-0.25, -0.2) is 4.39 Å². The van der Waals surface area contributed by atoms with Gasteiger partial charge in [-0.15, -0.1) is 0 Å². The maximum absolute atomic E-state index is 14.2. The van der Waals surface area contributed by atoms with Gasteiger partial charge >= 0.3 is 0 Å². The Kier molecular flexibility index (Phi) is 7.15. The number of hydrogen-bond acceptors (Lipinski definition) is 4. The summed E-state index contributed by atoms with van der Waals surface area (Å²) in [4.78, 5) is 27.6. The molecule has 166 valence electrons. The summed E-state index contributed by atoms with van der Waals surface area (Å²) >= 11 is 0. The maximum Gasteiger partial charge on any atom is 0.256 e. The van der Waals surface area contributed by atoms with E-state index in [1.807, 2.05) is 26.0 Å². The van der Waals surface area contributed by atoms with Crippen LogP contribution in [0.4, 0.5) is 4.39 Å². The van der Waals surface area contributed by atoms with E-state index in [2.05, 4.69) is 5.32 Å². The first kappa shape index (κ1) is 22.6. The molecule has 1 fully saturated rings. The van der Waals surface area contributed by atoms with Crippen molar-refractivity contribution < 1.29 is 23.5 Å². The third kappa shape index (κ3) is 4.98. The van der Waals surface area contributed by atoms with Crippen molar-refractivity contribution in [3.8, 4) is 11.5 Å². The van der Waals surface area contributed by atoms with Crippen LogP contribution < -0.4 is 14.8 Å². The highest BCUT2D eigenvalue weighted by Crippen LogP contribution is 2.39. The van der Waals surface area contributed by atoms with E-state index in [0.717, 1.165) is 5.56 Å². The van der Waals surface area contributed by atoms with Gasteiger partial charge in [0.1, 0.15) is 17.3 Å². The van der Waals surface area contributed by atoms with Crippen LogP contribution in [0, 0.1) is 17.7 Å². The largest absolute Gasteiger partial charge is 0.497 e. The number of ether oxygens (including phenoxy) is 2. The molecule has 0 bridgehead atoms. The molecule has 1 aliphatic rings. The average molecular weight is 429 g/mol. The van der Waals surface area contributed by atoms with Crippen molar-refractivity contribution in [3.05, 3.63) is 59.4 Å². The molecular weight excluding hydrogens is 399 g/mol. The van der Waals surface area contributed by atoms with Crippen LogP contribution in [-0.2, 0) is 4.79 Å². The average Bonchev–Trinajstić information content (AvgIpc) is 3.22. The Morgan fingerprint density at radius 3 is 2.52 bits per heavy atom. The molecule has 6 nitrogen and oxygen atoms in total. The Labute approximate surface area is 182 Å². The molecule has 0 radical (unpaired) electrons. The molecule has 0 spiro atoms. The minimum absolute atomic E-state index is 0.00573. The lowest BCUT2D eigenvalue weighted by Crippen LogP contribution is -2.37. The number of nitrogens with zero attached hydrogens (tertiary/aromatic N) is 1. The predicted octanol–water partition coefficient (Wildman–Crippen LogP) is 3.47. The SMILES string of the molecule is COc1ccc(C2CN(C(=O)c3ccccc3F)CC2C(=O)NCC(C)C)c(OC)c1. The third-order valence-corrected chi connectivity index (χ3v) is 5.57. The van der Waals surface area contributed by atoms with E-state index in [-0.39, 0.29) is 30.5 Å². The molecule has 1 saturated heterocycles. The molecule has 2 unspecified atom stereocenters. The number of halogens is 1. The lowest BCUT2D eigenvalue weighted by atomic mass is 9.87. The normalized spacial score (nSPS) is 18.2. The highest BCUT2D eigenvalue weighted by Gasteiger charge is 2.42. The number of methoxy groups -OCH3 is 2. The zero-order valence-electron chi connectivity index (χ0n) is 18.4. The van der Waals surface area contributed by atoms with E-state index in [9.17, 15) is 14.0 Å². The zero-order chi connectivity index (χ0) is 22.5. The van der Waals surface area contributed by atoms with Gasteiger partial charge in [-0.3, -0.25) is 9.59 Å². The summed E-state index contributed by atoms with van der Waals surface area (Å²) in [5.41, 5.74) is 0.822. The number of carbonyl (C=O) groups excluding carboxylic acids is 2. The van der Waals surface area contributed by atoms with E-state index < -0.39 is 17.6 Å². The fourth-order valence-corrected chi connectivity index (χ4v) is 3.92. The molecule has 2 atom stereocenters. The van der Waals surface area contributed by atoms with Gasteiger partial charge in [0.15, 0.2) is 0 Å². The molecule has 2 aromatic carbocycles. The number of carbonyl (C=O) groups is 2. The van der Waals surface area contributed by atoms with Crippen LogP contribution in [0.3, 0.4) is 0 Å². The molecule has 1 aliphatic heterocycles. The lowest BCUT2D eigenvalue weighted by molar-refractivity contribution is -0.125. The van der Waals surface area contributed by atoms with E-state index in [0.29, 0.717) is 24.0 Å². The minimum atomic E-state index is -0.571. The van der Waals surface area contributed by atoms with Gasteiger partial charge < -0.3 is 19.7 Å². The molecular formula is C24H29FN2O4. The third-order valence-electron chi connectivity index (χ3n) is 5.57. The Morgan fingerprint density at radius 1 is 1.13 bits per heavy atom. The summed E-state index contributed by atoms with van der Waals surface area (Å²) in [7, 11) is 3.13. The van der Waals surface area contributed by atoms with Gasteiger partial charge in [0.2, 0.25) is 5.91 Å². The minimum Gasteiger partial charge on any atom is -0.497 e. The fraction of sp³-hybridized carbons (Fsp3) is 0.417. The van der Waals surface area contributed by atoms with Gasteiger partial charge in [-0.05, 0) is 24.1 Å². The zero-order valence-corrected chi connectivity index (χ0v) is 18.4. The second-order valence-electron chi connectivity index (χ2n) is 8.15. The van der Waals surface area contributed by atoms with Gasteiger partial charge in [-0.1, -0.05) is 32.0 Å². The van der Waals surface area contributed by atoms with Crippen molar-refractivity contribution in [2.75, 3.05) is 33.9 Å². The van der Waals surface area contributed by atoms with Crippen LogP contribution >= 0.6 is 0 Å². The number of rotatable bonds is 7. The Hall–Kier alpha value is -3.09. The lowest BCUT2D eigenvalue weighted by Gasteiger charge is -2.21. The van der Waals surface area contributed by atoms with Crippen molar-refractivity contribution in [3.63, 3.8) is 0 Å². The van der Waals surface area contributed by atoms with Crippen LogP contribution in [0.2, 0.25) is 0 Å². The summed E-state index contributed by atoms with van der Waals surface area (Å²) in [6.07, 6.45) is 0. The maximum atomic E-state index is 14.2. The van der Waals surface area contributed by atoms with Gasteiger partial charge in [-0.2, -0.15) is 0 Å². The molecule has 0 saturated carbocycles. The first-order valence-electron chi connectivity index (χ1n) is 10.4. The molecule has 2 amide bonds. The quantitative estimate of drug-likeness (QED) is 0.733. The summed E-state index contributed by atoms with van der Waals surface area (Å²) in [6.45, 7) is 5.08. The molecule has 2 aromatic rings. The van der Waals surface area contributed by atoms with E-state index in [4.69, 9.17) is 9.47 Å². The number of benzene rings is 2. The van der Waals surface area contributed by atoms with Crippen LogP contribution in [0.5, 0.6) is 11.5 Å². The van der Waals surface area contributed by atoms with E-state index in [1.54, 1.807) is 37.3 Å². The topological polar surface area (TPSA) is 67.9 Å². The van der Waals surface area contributed by atoms with Crippen molar-refractivity contribution in [1.82, 2.24) is 10.2 Å². The second kappa shape index (κ2) is 9.81. The summed E-state index contributed by atoms with van der Waals surface area (Å²) in [5.74, 6) is -0.352. The Morgan fingerprint density at radius 2 is 1.87 bits per heavy atom. The standard InChI is InChI=1S/C24H29FN2O4/c1-15(2)12-26-23(28)20-14-27(24(29)18-7-5-6-8-21(18)25)13-19(20)17-10-9-16(30-3)11-22(17)31-4/h5-11,15,19-20H,12-14H2,1-4H3,(H,26,28). The number of amides is 2. The van der Waals surface area contributed by atoms with Crippen molar-refractivity contribution in [2.45, 2.75) is 19.8 Å². The monoisotopic (exact) mass is 428 g/mol. The second-order valence-corrected chi connectivity index (χ2v) is 8.15. The van der Waals surface area contributed by atoms with Crippen molar-refractivity contribution in [1.29, 1.82) is 0 Å². The number of hydrogen-bond donors (Lipinski definition) is 1. The predicted molar refractivity (Wildman–Crippen MR) is 116 cm³/mol. The van der Waals surface area contributed by atoms with Crippen LogP contribution in [0.1, 0.15) is 35.7 Å². The van der Waals surface area contributed by atoms with Gasteiger partial charge in [0, 0.05) is 37.2 Å². The first-order chi connectivity index (χ1) is 14.8. The highest BCUT2D eigenvalue weighted by atomic mass is 19.1. The summed E-state index contributed by atoms with van der Waals surface area (Å²) < 4.78 is 25.0. The van der Waals surface area contributed by atoms with Crippen LogP contribution in [0.15, 0.2) is 42.5 Å². The Balaban J connectivity index is 1.93. The highest BCUT2D eigenvalue weighted by molar-refractivity contribution is 5.95. The van der Waals surface area contributed by atoms with Gasteiger partial charge in [0.25, 0.3) is 5.91 Å². The van der Waals surface area contributed by atoms with Gasteiger partial charge in [0.05, 0.1) is 25.7 Å². The molecule has 1 N–H and O–H groups in total. The molecule has 0 aliphatic carbocycles. The molecule has 1 heterocycles. The summed E-state index contributed by atoms with van der Waals surface area (Å²) in [5, 5.41) is 2.98. The van der Waals surface area contributed by atoms with Crippen LogP contribution in [0.25, 0.3) is 0 Å².